The standard InChI is InChI=1S/C13H18N2O/c1-2-10-3-4-12-13(7-10)16-9-11-8-14-5-6-15(11)12/h3-4,7,11,14H,2,5-6,8-9H2,1H3/t11-/m1/s1. The van der Waals surface area contributed by atoms with Crippen molar-refractivity contribution in [3.05, 3.63) is 23.8 Å². The molecule has 3 rings (SSSR count). The molecule has 2 aliphatic rings. The van der Waals surface area contributed by atoms with Crippen LogP contribution in [0.2, 0.25) is 0 Å². The largest absolute Gasteiger partial charge is 0.489 e. The van der Waals surface area contributed by atoms with Gasteiger partial charge in [0.1, 0.15) is 12.4 Å². The van der Waals surface area contributed by atoms with Crippen LogP contribution >= 0.6 is 0 Å². The minimum atomic E-state index is 0.508. The maximum absolute atomic E-state index is 5.85. The van der Waals surface area contributed by atoms with Crippen molar-refractivity contribution in [2.24, 2.45) is 0 Å². The van der Waals surface area contributed by atoms with E-state index in [4.69, 9.17) is 4.74 Å². The predicted molar refractivity (Wildman–Crippen MR) is 65.3 cm³/mol. The van der Waals surface area contributed by atoms with Gasteiger partial charge in [0.2, 0.25) is 0 Å². The number of nitrogens with one attached hydrogen (secondary N) is 1. The van der Waals surface area contributed by atoms with E-state index in [-0.39, 0.29) is 0 Å². The molecule has 86 valence electrons. The summed E-state index contributed by atoms with van der Waals surface area (Å²) >= 11 is 0. The van der Waals surface area contributed by atoms with Gasteiger partial charge < -0.3 is 15.0 Å². The zero-order valence-corrected chi connectivity index (χ0v) is 9.70. The van der Waals surface area contributed by atoms with Crippen molar-refractivity contribution < 1.29 is 4.74 Å². The van der Waals surface area contributed by atoms with Crippen LogP contribution in [0.3, 0.4) is 0 Å². The van der Waals surface area contributed by atoms with E-state index in [1.54, 1.807) is 0 Å². The predicted octanol–water partition coefficient (Wildman–Crippen LogP) is 1.42. The average molecular weight is 218 g/mol. The highest BCUT2D eigenvalue weighted by atomic mass is 16.5. The minimum absolute atomic E-state index is 0.508. The molecule has 1 aromatic carbocycles. The molecular formula is C13H18N2O. The fraction of sp³-hybridized carbons (Fsp3) is 0.538. The van der Waals surface area contributed by atoms with Gasteiger partial charge in [0.05, 0.1) is 11.7 Å². The Bertz CT molecular complexity index is 392. The third-order valence-electron chi connectivity index (χ3n) is 3.52. The molecule has 0 aromatic heterocycles. The van der Waals surface area contributed by atoms with Crippen LogP contribution in [0, 0.1) is 0 Å². The Labute approximate surface area is 96.4 Å². The van der Waals surface area contributed by atoms with E-state index in [1.807, 2.05) is 0 Å². The van der Waals surface area contributed by atoms with Crippen molar-refractivity contribution >= 4 is 5.69 Å². The summed E-state index contributed by atoms with van der Waals surface area (Å²) in [7, 11) is 0. The average Bonchev–Trinajstić information content (AvgIpc) is 2.38. The maximum atomic E-state index is 5.85. The van der Waals surface area contributed by atoms with Crippen molar-refractivity contribution in [1.82, 2.24) is 5.32 Å². The van der Waals surface area contributed by atoms with Gasteiger partial charge in [-0.25, -0.2) is 0 Å². The third kappa shape index (κ3) is 1.55. The normalized spacial score (nSPS) is 23.3. The summed E-state index contributed by atoms with van der Waals surface area (Å²) in [5, 5.41) is 3.42. The third-order valence-corrected chi connectivity index (χ3v) is 3.52. The Morgan fingerprint density at radius 1 is 1.50 bits per heavy atom. The number of rotatable bonds is 1. The topological polar surface area (TPSA) is 24.5 Å². The molecule has 0 radical (unpaired) electrons. The van der Waals surface area contributed by atoms with Crippen molar-refractivity contribution in [3.63, 3.8) is 0 Å². The van der Waals surface area contributed by atoms with Crippen LogP contribution in [0.15, 0.2) is 18.2 Å². The van der Waals surface area contributed by atoms with E-state index in [0.29, 0.717) is 6.04 Å². The van der Waals surface area contributed by atoms with Crippen LogP contribution in [0.5, 0.6) is 5.75 Å². The highest BCUT2D eigenvalue weighted by Crippen LogP contribution is 2.35. The second-order valence-corrected chi connectivity index (χ2v) is 4.52. The molecule has 1 fully saturated rings. The molecule has 16 heavy (non-hydrogen) atoms. The van der Waals surface area contributed by atoms with Crippen molar-refractivity contribution in [2.75, 3.05) is 31.1 Å². The summed E-state index contributed by atoms with van der Waals surface area (Å²) in [6.45, 7) is 6.19. The van der Waals surface area contributed by atoms with E-state index in [2.05, 4.69) is 35.3 Å². The molecule has 1 N–H and O–H groups in total. The Morgan fingerprint density at radius 3 is 3.31 bits per heavy atom. The van der Waals surface area contributed by atoms with Crippen LogP contribution in [0.25, 0.3) is 0 Å². The van der Waals surface area contributed by atoms with Crippen LogP contribution in [-0.2, 0) is 6.42 Å². The van der Waals surface area contributed by atoms with Crippen molar-refractivity contribution in [2.45, 2.75) is 19.4 Å². The van der Waals surface area contributed by atoms with Gasteiger partial charge >= 0.3 is 0 Å². The summed E-state index contributed by atoms with van der Waals surface area (Å²) in [5.74, 6) is 1.07. The van der Waals surface area contributed by atoms with E-state index in [1.165, 1.54) is 11.3 Å². The molecule has 0 saturated carbocycles. The Hall–Kier alpha value is -1.22. The fourth-order valence-corrected chi connectivity index (χ4v) is 2.54. The van der Waals surface area contributed by atoms with E-state index in [9.17, 15) is 0 Å². The second-order valence-electron chi connectivity index (χ2n) is 4.52. The lowest BCUT2D eigenvalue weighted by Gasteiger charge is -2.42. The molecule has 2 aliphatic heterocycles. The molecule has 1 saturated heterocycles. The fourth-order valence-electron chi connectivity index (χ4n) is 2.54. The summed E-state index contributed by atoms with van der Waals surface area (Å²) in [5.41, 5.74) is 2.63. The smallest absolute Gasteiger partial charge is 0.142 e. The summed E-state index contributed by atoms with van der Waals surface area (Å²) in [6.07, 6.45) is 1.07. The van der Waals surface area contributed by atoms with Gasteiger partial charge in [0, 0.05) is 19.6 Å². The minimum Gasteiger partial charge on any atom is -0.489 e. The van der Waals surface area contributed by atoms with Gasteiger partial charge in [0.15, 0.2) is 0 Å². The number of hydrogen-bond acceptors (Lipinski definition) is 3. The number of benzene rings is 1. The van der Waals surface area contributed by atoms with Gasteiger partial charge in [-0.15, -0.1) is 0 Å². The van der Waals surface area contributed by atoms with E-state index < -0.39 is 0 Å². The summed E-state index contributed by atoms with van der Waals surface area (Å²) < 4.78 is 5.85. The van der Waals surface area contributed by atoms with E-state index >= 15 is 0 Å². The first kappa shape index (κ1) is 9.97. The van der Waals surface area contributed by atoms with Crippen LogP contribution < -0.4 is 15.0 Å². The second kappa shape index (κ2) is 3.98. The zero-order chi connectivity index (χ0) is 11.0. The number of anilines is 1. The summed E-state index contributed by atoms with van der Waals surface area (Å²) in [4.78, 5) is 2.48. The molecular weight excluding hydrogens is 200 g/mol. The lowest BCUT2D eigenvalue weighted by Crippen LogP contribution is -2.55. The quantitative estimate of drug-likeness (QED) is 0.771. The van der Waals surface area contributed by atoms with Gasteiger partial charge in [-0.05, 0) is 24.1 Å². The molecule has 0 bridgehead atoms. The van der Waals surface area contributed by atoms with Gasteiger partial charge in [-0.3, -0.25) is 0 Å². The Kier molecular flexibility index (Phi) is 2.48. The molecule has 1 atom stereocenters. The number of hydrogen-bond donors (Lipinski definition) is 1. The van der Waals surface area contributed by atoms with Gasteiger partial charge in [-0.2, -0.15) is 0 Å². The number of piperazine rings is 1. The molecule has 2 heterocycles. The lowest BCUT2D eigenvalue weighted by atomic mass is 10.1. The van der Waals surface area contributed by atoms with Crippen LogP contribution in [0.4, 0.5) is 5.69 Å². The molecule has 0 unspecified atom stereocenters. The first-order chi connectivity index (χ1) is 7.88. The number of nitrogens with zero attached hydrogens (tertiary/aromatic N) is 1. The van der Waals surface area contributed by atoms with Crippen molar-refractivity contribution in [3.8, 4) is 5.75 Å². The van der Waals surface area contributed by atoms with Gasteiger partial charge in [-0.1, -0.05) is 13.0 Å². The van der Waals surface area contributed by atoms with E-state index in [0.717, 1.165) is 38.4 Å². The molecule has 0 aliphatic carbocycles. The first-order valence-electron chi connectivity index (χ1n) is 6.11. The Balaban J connectivity index is 1.96. The lowest BCUT2D eigenvalue weighted by molar-refractivity contribution is 0.247. The maximum Gasteiger partial charge on any atom is 0.142 e. The molecule has 0 spiro atoms. The zero-order valence-electron chi connectivity index (χ0n) is 9.70. The van der Waals surface area contributed by atoms with Crippen molar-refractivity contribution in [1.29, 1.82) is 0 Å². The van der Waals surface area contributed by atoms with Crippen LogP contribution in [0.1, 0.15) is 12.5 Å². The highest BCUT2D eigenvalue weighted by Gasteiger charge is 2.29. The molecule has 0 amide bonds. The van der Waals surface area contributed by atoms with Crippen LogP contribution in [-0.4, -0.2) is 32.3 Å². The summed E-state index contributed by atoms with van der Waals surface area (Å²) in [6, 6.07) is 7.12. The SMILES string of the molecule is CCc1ccc2c(c1)OC[C@H]1CNCCN21. The molecule has 1 aromatic rings. The highest BCUT2D eigenvalue weighted by molar-refractivity contribution is 5.62. The molecule has 3 heteroatoms. The first-order valence-corrected chi connectivity index (χ1v) is 6.11. The number of aryl methyl sites for hydroxylation is 1. The Morgan fingerprint density at radius 2 is 2.44 bits per heavy atom. The molecule has 3 nitrogen and oxygen atoms in total. The van der Waals surface area contributed by atoms with Gasteiger partial charge in [0.25, 0.3) is 0 Å². The number of ether oxygens (including phenoxy) is 1. The monoisotopic (exact) mass is 218 g/mol. The number of fused-ring (bicyclic) bond motifs is 3.